The summed E-state index contributed by atoms with van der Waals surface area (Å²) in [6, 6.07) is 5.37. The van der Waals surface area contributed by atoms with Crippen molar-refractivity contribution in [3.05, 3.63) is 28.2 Å². The Balaban J connectivity index is 2.82. The van der Waals surface area contributed by atoms with E-state index in [-0.39, 0.29) is 0 Å². The van der Waals surface area contributed by atoms with E-state index >= 15 is 0 Å². The third-order valence-corrected chi connectivity index (χ3v) is 3.57. The standard InChI is InChI=1S/C8H7Cl2IN2S/c1-14-8(13-11)12-5-2-3-6(9)7(10)4-5/h2-4H,1H3,(H,12,13). The maximum absolute atomic E-state index is 5.86. The molecule has 6 heteroatoms. The molecule has 14 heavy (non-hydrogen) atoms. The van der Waals surface area contributed by atoms with Gasteiger partial charge in [0.2, 0.25) is 0 Å². The zero-order chi connectivity index (χ0) is 10.6. The molecule has 0 saturated carbocycles. The molecule has 0 unspecified atom stereocenters. The average molecular weight is 361 g/mol. The molecule has 2 nitrogen and oxygen atoms in total. The number of nitrogens with one attached hydrogen (secondary N) is 1. The third kappa shape index (κ3) is 3.49. The van der Waals surface area contributed by atoms with E-state index in [4.69, 9.17) is 23.2 Å². The van der Waals surface area contributed by atoms with Gasteiger partial charge in [0.15, 0.2) is 5.17 Å². The summed E-state index contributed by atoms with van der Waals surface area (Å²) in [6.07, 6.45) is 1.95. The van der Waals surface area contributed by atoms with Crippen molar-refractivity contribution in [3.63, 3.8) is 0 Å². The monoisotopic (exact) mass is 360 g/mol. The van der Waals surface area contributed by atoms with Gasteiger partial charge in [-0.1, -0.05) is 35.0 Å². The predicted octanol–water partition coefficient (Wildman–Crippen LogP) is 4.47. The lowest BCUT2D eigenvalue weighted by Gasteiger charge is -2.06. The largest absolute Gasteiger partial charge is 0.334 e. The summed E-state index contributed by atoms with van der Waals surface area (Å²) in [7, 11) is 0. The summed E-state index contributed by atoms with van der Waals surface area (Å²) in [5.41, 5.74) is 0.879. The Morgan fingerprint density at radius 2 is 2.14 bits per heavy atom. The second-order valence-corrected chi connectivity index (χ2v) is 4.44. The summed E-state index contributed by atoms with van der Waals surface area (Å²) in [5.74, 6) is 0. The van der Waals surface area contributed by atoms with Crippen LogP contribution in [0.4, 0.5) is 5.69 Å². The van der Waals surface area contributed by atoms with Gasteiger partial charge >= 0.3 is 0 Å². The summed E-state index contributed by atoms with van der Waals surface area (Å²) in [5, 5.41) is 5.02. The van der Waals surface area contributed by atoms with Gasteiger partial charge in [-0.05, 0) is 24.5 Å². The summed E-state index contributed by atoms with van der Waals surface area (Å²) in [4.78, 5) is 0. The highest BCUT2D eigenvalue weighted by Gasteiger charge is 2.01. The first-order valence-electron chi connectivity index (χ1n) is 3.62. The first-order chi connectivity index (χ1) is 6.67. The van der Waals surface area contributed by atoms with Crippen molar-refractivity contribution in [2.75, 3.05) is 11.6 Å². The molecule has 0 saturated heterocycles. The van der Waals surface area contributed by atoms with Crippen LogP contribution >= 0.6 is 57.8 Å². The van der Waals surface area contributed by atoms with Gasteiger partial charge < -0.3 is 5.32 Å². The smallest absolute Gasteiger partial charge is 0.171 e. The Morgan fingerprint density at radius 3 is 2.64 bits per heavy atom. The maximum atomic E-state index is 5.86. The second-order valence-electron chi connectivity index (χ2n) is 2.35. The molecule has 1 N–H and O–H groups in total. The van der Waals surface area contributed by atoms with Crippen LogP contribution in [0.15, 0.2) is 21.4 Å². The summed E-state index contributed by atoms with van der Waals surface area (Å²) >= 11 is 15.1. The molecule has 0 bridgehead atoms. The van der Waals surface area contributed by atoms with Crippen molar-refractivity contribution in [1.29, 1.82) is 0 Å². The molecule has 1 aromatic carbocycles. The van der Waals surface area contributed by atoms with Crippen molar-refractivity contribution in [3.8, 4) is 0 Å². The topological polar surface area (TPSA) is 24.4 Å². The zero-order valence-electron chi connectivity index (χ0n) is 7.22. The van der Waals surface area contributed by atoms with E-state index < -0.39 is 0 Å². The second kappa shape index (κ2) is 6.05. The molecule has 0 amide bonds. The Bertz CT molecular complexity index is 357. The predicted molar refractivity (Wildman–Crippen MR) is 75.1 cm³/mol. The van der Waals surface area contributed by atoms with Gasteiger partial charge in [-0.3, -0.25) is 0 Å². The number of thioether (sulfide) groups is 1. The highest BCUT2D eigenvalue weighted by atomic mass is 127. The molecule has 1 aromatic rings. The van der Waals surface area contributed by atoms with Crippen molar-refractivity contribution in [2.24, 2.45) is 3.21 Å². The van der Waals surface area contributed by atoms with Crippen molar-refractivity contribution < 1.29 is 0 Å². The number of amidine groups is 1. The summed E-state index contributed by atoms with van der Waals surface area (Å²) in [6.45, 7) is 0. The van der Waals surface area contributed by atoms with Crippen molar-refractivity contribution in [1.82, 2.24) is 0 Å². The normalized spacial score (nSPS) is 11.6. The Hall–Kier alpha value is 0.350. The highest BCUT2D eigenvalue weighted by molar-refractivity contribution is 14.1. The van der Waals surface area contributed by atoms with E-state index in [1.54, 1.807) is 12.1 Å². The van der Waals surface area contributed by atoms with E-state index in [0.717, 1.165) is 10.9 Å². The van der Waals surface area contributed by atoms with Crippen LogP contribution in [-0.4, -0.2) is 11.4 Å². The Morgan fingerprint density at radius 1 is 1.43 bits per heavy atom. The molecule has 0 aliphatic rings. The molecule has 0 fully saturated rings. The molecule has 0 heterocycles. The number of halogens is 3. The number of rotatable bonds is 1. The van der Waals surface area contributed by atoms with Gasteiger partial charge in [-0.25, -0.2) is 0 Å². The van der Waals surface area contributed by atoms with Crippen LogP contribution in [-0.2, 0) is 0 Å². The van der Waals surface area contributed by atoms with Crippen molar-refractivity contribution >= 4 is 68.7 Å². The Labute approximate surface area is 111 Å². The van der Waals surface area contributed by atoms with Gasteiger partial charge in [-0.2, -0.15) is 3.21 Å². The number of anilines is 1. The van der Waals surface area contributed by atoms with Gasteiger partial charge in [0.1, 0.15) is 0 Å². The number of hydrogen-bond donors (Lipinski definition) is 1. The number of benzene rings is 1. The number of nitrogens with zero attached hydrogens (tertiary/aromatic N) is 1. The molecule has 0 aromatic heterocycles. The van der Waals surface area contributed by atoms with Gasteiger partial charge in [0.25, 0.3) is 0 Å². The Kier molecular flexibility index (Phi) is 5.36. The molecule has 0 radical (unpaired) electrons. The minimum atomic E-state index is 0.533. The van der Waals surface area contributed by atoms with Crippen molar-refractivity contribution in [2.45, 2.75) is 0 Å². The van der Waals surface area contributed by atoms with Crippen LogP contribution in [0.3, 0.4) is 0 Å². The van der Waals surface area contributed by atoms with Gasteiger partial charge in [0.05, 0.1) is 32.9 Å². The van der Waals surface area contributed by atoms with E-state index in [2.05, 4.69) is 8.52 Å². The lowest BCUT2D eigenvalue weighted by molar-refractivity contribution is 1.64. The van der Waals surface area contributed by atoms with Crippen LogP contribution in [0.5, 0.6) is 0 Å². The lowest BCUT2D eigenvalue weighted by Crippen LogP contribution is -2.05. The fourth-order valence-corrected chi connectivity index (χ4v) is 2.10. The molecular weight excluding hydrogens is 354 g/mol. The lowest BCUT2D eigenvalue weighted by atomic mass is 10.3. The maximum Gasteiger partial charge on any atom is 0.171 e. The molecule has 0 aliphatic heterocycles. The van der Waals surface area contributed by atoms with E-state index in [9.17, 15) is 0 Å². The van der Waals surface area contributed by atoms with Crippen LogP contribution in [0.25, 0.3) is 0 Å². The average Bonchev–Trinajstić information content (AvgIpc) is 2.19. The van der Waals surface area contributed by atoms with Crippen LogP contribution in [0.2, 0.25) is 10.0 Å². The molecule has 1 rings (SSSR count). The van der Waals surface area contributed by atoms with Crippen LogP contribution < -0.4 is 5.32 Å². The SMILES string of the molecule is CS/C(=N\I)Nc1ccc(Cl)c(Cl)c1. The van der Waals surface area contributed by atoms with E-state index in [1.165, 1.54) is 11.8 Å². The van der Waals surface area contributed by atoms with Crippen LogP contribution in [0.1, 0.15) is 0 Å². The van der Waals surface area contributed by atoms with Gasteiger partial charge in [-0.15, -0.1) is 0 Å². The molecule has 0 atom stereocenters. The molecule has 0 spiro atoms. The van der Waals surface area contributed by atoms with E-state index in [1.807, 2.05) is 35.2 Å². The molecule has 76 valence electrons. The quantitative estimate of drug-likeness (QED) is 0.453. The molecular formula is C8H7Cl2IN2S. The molecule has 0 aliphatic carbocycles. The minimum Gasteiger partial charge on any atom is -0.334 e. The number of hydrogen-bond acceptors (Lipinski definition) is 2. The zero-order valence-corrected chi connectivity index (χ0v) is 11.7. The fourth-order valence-electron chi connectivity index (χ4n) is 0.804. The third-order valence-electron chi connectivity index (χ3n) is 1.44. The van der Waals surface area contributed by atoms with Crippen LogP contribution in [0, 0.1) is 0 Å². The minimum absolute atomic E-state index is 0.533. The first-order valence-corrected chi connectivity index (χ1v) is 6.57. The summed E-state index contributed by atoms with van der Waals surface area (Å²) < 4.78 is 4.02. The van der Waals surface area contributed by atoms with Gasteiger partial charge in [0, 0.05) is 5.69 Å². The highest BCUT2D eigenvalue weighted by Crippen LogP contribution is 2.25. The fraction of sp³-hybridized carbons (Fsp3) is 0.125. The van der Waals surface area contributed by atoms with E-state index in [0.29, 0.717) is 10.0 Å². The first kappa shape index (κ1) is 12.4.